The molecule has 3 rings (SSSR count). The van der Waals surface area contributed by atoms with Crippen LogP contribution in [0.4, 0.5) is 10.8 Å². The number of hydrogen-bond donors (Lipinski definition) is 2. The molecule has 0 atom stereocenters. The first-order chi connectivity index (χ1) is 15.9. The molecule has 0 bridgehead atoms. The summed E-state index contributed by atoms with van der Waals surface area (Å²) in [6.07, 6.45) is 2.06. The van der Waals surface area contributed by atoms with Crippen molar-refractivity contribution in [3.8, 4) is 5.75 Å². The van der Waals surface area contributed by atoms with Crippen LogP contribution in [0.25, 0.3) is 0 Å². The number of anilines is 2. The summed E-state index contributed by atoms with van der Waals surface area (Å²) in [5.74, 6) is 0.557. The van der Waals surface area contributed by atoms with Crippen LogP contribution in [0.3, 0.4) is 0 Å². The van der Waals surface area contributed by atoms with Gasteiger partial charge in [0.2, 0.25) is 11.0 Å². The maximum atomic E-state index is 12.5. The molecular weight excluding hydrogens is 456 g/mol. The number of ether oxygens (including phenoxy) is 1. The van der Waals surface area contributed by atoms with Gasteiger partial charge in [0.15, 0.2) is 4.34 Å². The fourth-order valence-electron chi connectivity index (χ4n) is 3.20. The van der Waals surface area contributed by atoms with Crippen LogP contribution in [0.1, 0.15) is 46.8 Å². The van der Waals surface area contributed by atoms with E-state index in [9.17, 15) is 9.59 Å². The van der Waals surface area contributed by atoms with Gasteiger partial charge in [-0.25, -0.2) is 0 Å². The van der Waals surface area contributed by atoms with Crippen molar-refractivity contribution >= 4 is 45.7 Å². The van der Waals surface area contributed by atoms with Crippen LogP contribution in [0, 0.1) is 20.8 Å². The average molecular weight is 485 g/mol. The Kier molecular flexibility index (Phi) is 8.85. The first kappa shape index (κ1) is 24.7. The van der Waals surface area contributed by atoms with Gasteiger partial charge in [-0.05, 0) is 62.6 Å². The van der Waals surface area contributed by atoms with Gasteiger partial charge in [-0.1, -0.05) is 54.1 Å². The Morgan fingerprint density at radius 1 is 1.03 bits per heavy atom. The standard InChI is InChI=1S/C24H28N4O3S2/c1-5-6-11-31-19-9-7-18(8-10-19)22(30)26-23-27-28-24(33-23)32-14-20(29)25-21-16(3)12-15(2)13-17(21)4/h7-10,12-13H,5-6,11,14H2,1-4H3,(H,25,29)(H,26,27,30). The number of nitrogens with zero attached hydrogens (tertiary/aromatic N) is 2. The lowest BCUT2D eigenvalue weighted by molar-refractivity contribution is -0.113. The molecule has 2 aromatic carbocycles. The molecule has 1 aromatic heterocycles. The van der Waals surface area contributed by atoms with E-state index in [2.05, 4.69) is 27.8 Å². The van der Waals surface area contributed by atoms with Crippen LogP contribution >= 0.6 is 23.1 Å². The van der Waals surface area contributed by atoms with Crippen LogP contribution < -0.4 is 15.4 Å². The normalized spacial score (nSPS) is 10.7. The van der Waals surface area contributed by atoms with E-state index < -0.39 is 0 Å². The summed E-state index contributed by atoms with van der Waals surface area (Å²) in [5, 5.41) is 14.2. The van der Waals surface area contributed by atoms with Crippen molar-refractivity contribution in [3.05, 3.63) is 58.7 Å². The van der Waals surface area contributed by atoms with E-state index in [1.54, 1.807) is 24.3 Å². The molecule has 0 aliphatic carbocycles. The second-order valence-electron chi connectivity index (χ2n) is 7.66. The van der Waals surface area contributed by atoms with Crippen molar-refractivity contribution in [1.29, 1.82) is 0 Å². The Hall–Kier alpha value is -2.91. The Bertz CT molecular complexity index is 1090. The van der Waals surface area contributed by atoms with Crippen molar-refractivity contribution in [1.82, 2.24) is 10.2 Å². The largest absolute Gasteiger partial charge is 0.494 e. The quantitative estimate of drug-likeness (QED) is 0.220. The molecule has 9 heteroatoms. The monoisotopic (exact) mass is 484 g/mol. The van der Waals surface area contributed by atoms with Crippen molar-refractivity contribution < 1.29 is 14.3 Å². The summed E-state index contributed by atoms with van der Waals surface area (Å²) < 4.78 is 6.23. The number of unbranched alkanes of at least 4 members (excludes halogenated alkanes) is 1. The highest BCUT2D eigenvalue weighted by atomic mass is 32.2. The summed E-state index contributed by atoms with van der Waals surface area (Å²) in [6, 6.07) is 11.1. The van der Waals surface area contributed by atoms with Gasteiger partial charge in [0.1, 0.15) is 5.75 Å². The SMILES string of the molecule is CCCCOc1ccc(C(=O)Nc2nnc(SCC(=O)Nc3c(C)cc(C)cc3C)s2)cc1. The minimum absolute atomic E-state index is 0.114. The molecule has 1 heterocycles. The average Bonchev–Trinajstić information content (AvgIpc) is 3.22. The van der Waals surface area contributed by atoms with Gasteiger partial charge < -0.3 is 10.1 Å². The smallest absolute Gasteiger partial charge is 0.257 e. The molecule has 0 fully saturated rings. The Balaban J connectivity index is 1.49. The molecule has 0 spiro atoms. The minimum atomic E-state index is -0.272. The lowest BCUT2D eigenvalue weighted by Gasteiger charge is -2.12. The number of benzene rings is 2. The Labute approximate surface area is 202 Å². The summed E-state index contributed by atoms with van der Waals surface area (Å²) in [5.41, 5.74) is 4.58. The number of hydrogen-bond acceptors (Lipinski definition) is 7. The summed E-state index contributed by atoms with van der Waals surface area (Å²) in [7, 11) is 0. The van der Waals surface area contributed by atoms with E-state index in [1.165, 1.54) is 23.1 Å². The van der Waals surface area contributed by atoms with Crippen molar-refractivity contribution in [3.63, 3.8) is 0 Å². The molecule has 3 aromatic rings. The predicted octanol–water partition coefficient (Wildman–Crippen LogP) is 5.63. The third-order valence-electron chi connectivity index (χ3n) is 4.78. The summed E-state index contributed by atoms with van der Waals surface area (Å²) in [4.78, 5) is 24.9. The molecule has 2 N–H and O–H groups in total. The first-order valence-corrected chi connectivity index (χ1v) is 12.5. The third kappa shape index (κ3) is 7.30. The van der Waals surface area contributed by atoms with E-state index in [1.807, 2.05) is 32.9 Å². The molecule has 33 heavy (non-hydrogen) atoms. The van der Waals surface area contributed by atoms with Gasteiger partial charge in [0, 0.05) is 11.3 Å². The molecule has 0 saturated carbocycles. The van der Waals surface area contributed by atoms with E-state index in [0.717, 1.165) is 41.0 Å². The highest BCUT2D eigenvalue weighted by molar-refractivity contribution is 8.01. The molecule has 0 saturated heterocycles. The molecule has 7 nitrogen and oxygen atoms in total. The van der Waals surface area contributed by atoms with Crippen molar-refractivity contribution in [2.45, 2.75) is 44.9 Å². The minimum Gasteiger partial charge on any atom is -0.494 e. The molecule has 174 valence electrons. The molecule has 2 amide bonds. The van der Waals surface area contributed by atoms with Crippen LogP contribution in [0.15, 0.2) is 40.7 Å². The summed E-state index contributed by atoms with van der Waals surface area (Å²) >= 11 is 2.52. The zero-order valence-corrected chi connectivity index (χ0v) is 20.9. The first-order valence-electron chi connectivity index (χ1n) is 10.7. The van der Waals surface area contributed by atoms with Gasteiger partial charge >= 0.3 is 0 Å². The molecule has 0 radical (unpaired) electrons. The fraction of sp³-hybridized carbons (Fsp3) is 0.333. The highest BCUT2D eigenvalue weighted by Gasteiger charge is 2.13. The van der Waals surface area contributed by atoms with Crippen molar-refractivity contribution in [2.75, 3.05) is 23.0 Å². The second kappa shape index (κ2) is 11.8. The number of thioether (sulfide) groups is 1. The van der Waals surface area contributed by atoms with Crippen LogP contribution in [-0.2, 0) is 4.79 Å². The third-order valence-corrected chi connectivity index (χ3v) is 6.75. The number of amides is 2. The fourth-order valence-corrected chi connectivity index (χ4v) is 4.75. The predicted molar refractivity (Wildman–Crippen MR) is 135 cm³/mol. The van der Waals surface area contributed by atoms with Crippen LogP contribution in [0.5, 0.6) is 5.75 Å². The molecule has 0 unspecified atom stereocenters. The molecule has 0 aliphatic rings. The highest BCUT2D eigenvalue weighted by Crippen LogP contribution is 2.27. The van der Waals surface area contributed by atoms with E-state index in [4.69, 9.17) is 4.74 Å². The van der Waals surface area contributed by atoms with Crippen LogP contribution in [-0.4, -0.2) is 34.4 Å². The Morgan fingerprint density at radius 3 is 2.39 bits per heavy atom. The number of carbonyl (C=O) groups excluding carboxylic acids is 2. The van der Waals surface area contributed by atoms with Gasteiger partial charge in [-0.3, -0.25) is 14.9 Å². The number of aryl methyl sites for hydroxylation is 3. The van der Waals surface area contributed by atoms with Gasteiger partial charge in [0.05, 0.1) is 12.4 Å². The lowest BCUT2D eigenvalue weighted by Crippen LogP contribution is -2.15. The summed E-state index contributed by atoms with van der Waals surface area (Å²) in [6.45, 7) is 8.77. The van der Waals surface area contributed by atoms with E-state index in [0.29, 0.717) is 21.6 Å². The number of nitrogens with one attached hydrogen (secondary N) is 2. The van der Waals surface area contributed by atoms with Crippen LogP contribution in [0.2, 0.25) is 0 Å². The maximum absolute atomic E-state index is 12.5. The van der Waals surface area contributed by atoms with Crippen molar-refractivity contribution in [2.24, 2.45) is 0 Å². The van der Waals surface area contributed by atoms with E-state index >= 15 is 0 Å². The van der Waals surface area contributed by atoms with Gasteiger partial charge in [-0.2, -0.15) is 0 Å². The Morgan fingerprint density at radius 2 is 1.73 bits per heavy atom. The lowest BCUT2D eigenvalue weighted by atomic mass is 10.1. The van der Waals surface area contributed by atoms with E-state index in [-0.39, 0.29) is 17.6 Å². The molecule has 0 aliphatic heterocycles. The number of carbonyl (C=O) groups is 2. The second-order valence-corrected chi connectivity index (χ2v) is 9.86. The number of rotatable bonds is 10. The zero-order chi connectivity index (χ0) is 23.8. The van der Waals surface area contributed by atoms with Gasteiger partial charge in [-0.15, -0.1) is 10.2 Å². The topological polar surface area (TPSA) is 93.2 Å². The maximum Gasteiger partial charge on any atom is 0.257 e. The van der Waals surface area contributed by atoms with Gasteiger partial charge in [0.25, 0.3) is 5.91 Å². The number of aromatic nitrogens is 2. The zero-order valence-electron chi connectivity index (χ0n) is 19.2. The molecular formula is C24H28N4O3S2.